The quantitative estimate of drug-likeness (QED) is 0.492. The largest absolute Gasteiger partial charge is 0.120 e. The average molecular weight is 184 g/mol. The number of hydrogen-bond acceptors (Lipinski definition) is 0. The fraction of sp³-hybridized carbons (Fsp3) is 0.286. The van der Waals surface area contributed by atoms with Gasteiger partial charge in [-0.3, -0.25) is 0 Å². The standard InChI is InChI=1S/C14H16/c1-3-5-7-10-13(4-2)14-11-8-6-9-12-14/h1,6,8-12H,4-5,7H2,2H3/b13-10+. The zero-order valence-corrected chi connectivity index (χ0v) is 8.66. The third-order valence-corrected chi connectivity index (χ3v) is 2.20. The van der Waals surface area contributed by atoms with Gasteiger partial charge in [-0.05, 0) is 24.0 Å². The number of rotatable bonds is 4. The molecule has 72 valence electrons. The van der Waals surface area contributed by atoms with Crippen LogP contribution < -0.4 is 0 Å². The molecule has 0 aliphatic carbocycles. The van der Waals surface area contributed by atoms with E-state index < -0.39 is 0 Å². The second kappa shape index (κ2) is 6.05. The van der Waals surface area contributed by atoms with E-state index in [9.17, 15) is 0 Å². The van der Waals surface area contributed by atoms with Gasteiger partial charge >= 0.3 is 0 Å². The number of allylic oxidation sites excluding steroid dienone is 2. The number of benzene rings is 1. The van der Waals surface area contributed by atoms with Gasteiger partial charge in [0.05, 0.1) is 0 Å². The van der Waals surface area contributed by atoms with Crippen molar-refractivity contribution in [2.45, 2.75) is 26.2 Å². The lowest BCUT2D eigenvalue weighted by Crippen LogP contribution is -1.82. The number of hydrogen-bond donors (Lipinski definition) is 0. The molecule has 0 heterocycles. The van der Waals surface area contributed by atoms with Gasteiger partial charge in [0.25, 0.3) is 0 Å². The van der Waals surface area contributed by atoms with Gasteiger partial charge in [0.15, 0.2) is 0 Å². The average Bonchev–Trinajstić information content (AvgIpc) is 2.26. The van der Waals surface area contributed by atoms with E-state index in [4.69, 9.17) is 6.42 Å². The summed E-state index contributed by atoms with van der Waals surface area (Å²) in [6.07, 6.45) is 10.3. The second-order valence-corrected chi connectivity index (χ2v) is 3.19. The molecule has 0 unspecified atom stereocenters. The molecule has 0 saturated carbocycles. The van der Waals surface area contributed by atoms with Gasteiger partial charge in [-0.1, -0.05) is 43.3 Å². The molecule has 1 aromatic rings. The molecular weight excluding hydrogens is 168 g/mol. The van der Waals surface area contributed by atoms with Crippen LogP contribution in [-0.2, 0) is 0 Å². The summed E-state index contributed by atoms with van der Waals surface area (Å²) in [4.78, 5) is 0. The lowest BCUT2D eigenvalue weighted by molar-refractivity contribution is 1.07. The number of unbranched alkanes of at least 4 members (excludes halogenated alkanes) is 1. The summed E-state index contributed by atoms with van der Waals surface area (Å²) in [6.45, 7) is 2.18. The Hall–Kier alpha value is -1.48. The fourth-order valence-corrected chi connectivity index (χ4v) is 1.45. The minimum Gasteiger partial charge on any atom is -0.120 e. The smallest absolute Gasteiger partial charge is 0.0121 e. The maximum absolute atomic E-state index is 5.22. The third-order valence-electron chi connectivity index (χ3n) is 2.20. The minimum absolute atomic E-state index is 0.830. The van der Waals surface area contributed by atoms with Crippen LogP contribution in [-0.4, -0.2) is 0 Å². The Morgan fingerprint density at radius 3 is 2.64 bits per heavy atom. The lowest BCUT2D eigenvalue weighted by atomic mass is 10.0. The van der Waals surface area contributed by atoms with E-state index in [0.717, 1.165) is 19.3 Å². The highest BCUT2D eigenvalue weighted by Gasteiger charge is 1.96. The molecule has 0 aliphatic heterocycles. The topological polar surface area (TPSA) is 0 Å². The molecule has 0 heteroatoms. The van der Waals surface area contributed by atoms with Crippen molar-refractivity contribution in [1.82, 2.24) is 0 Å². The number of terminal acetylenes is 1. The molecule has 14 heavy (non-hydrogen) atoms. The Bertz CT molecular complexity index is 325. The monoisotopic (exact) mass is 184 g/mol. The van der Waals surface area contributed by atoms with Gasteiger partial charge in [0, 0.05) is 6.42 Å². The van der Waals surface area contributed by atoms with E-state index in [2.05, 4.69) is 43.2 Å². The highest BCUT2D eigenvalue weighted by molar-refractivity contribution is 5.65. The molecule has 0 bridgehead atoms. The molecule has 0 spiro atoms. The zero-order valence-electron chi connectivity index (χ0n) is 8.66. The molecule has 1 aromatic carbocycles. The van der Waals surface area contributed by atoms with Crippen molar-refractivity contribution >= 4 is 5.57 Å². The van der Waals surface area contributed by atoms with Crippen LogP contribution >= 0.6 is 0 Å². The normalized spacial score (nSPS) is 11.0. The summed E-state index contributed by atoms with van der Waals surface area (Å²) >= 11 is 0. The van der Waals surface area contributed by atoms with Crippen molar-refractivity contribution in [3.05, 3.63) is 42.0 Å². The second-order valence-electron chi connectivity index (χ2n) is 3.19. The van der Waals surface area contributed by atoms with Gasteiger partial charge in [-0.25, -0.2) is 0 Å². The fourth-order valence-electron chi connectivity index (χ4n) is 1.45. The van der Waals surface area contributed by atoms with Gasteiger partial charge in [0.1, 0.15) is 0 Å². The van der Waals surface area contributed by atoms with Gasteiger partial charge in [-0.15, -0.1) is 12.3 Å². The molecular formula is C14H16. The molecule has 0 N–H and O–H groups in total. The van der Waals surface area contributed by atoms with Gasteiger partial charge < -0.3 is 0 Å². The first-order valence-corrected chi connectivity index (χ1v) is 5.06. The van der Waals surface area contributed by atoms with Crippen molar-refractivity contribution in [3.63, 3.8) is 0 Å². The molecule has 0 nitrogen and oxygen atoms in total. The van der Waals surface area contributed by atoms with E-state index in [1.54, 1.807) is 0 Å². The Morgan fingerprint density at radius 1 is 1.36 bits per heavy atom. The van der Waals surface area contributed by atoms with E-state index in [0.29, 0.717) is 0 Å². The Kier molecular flexibility index (Phi) is 4.58. The molecule has 1 rings (SSSR count). The summed E-state index contributed by atoms with van der Waals surface area (Å²) < 4.78 is 0. The van der Waals surface area contributed by atoms with Crippen LogP contribution in [0.2, 0.25) is 0 Å². The summed E-state index contributed by atoms with van der Waals surface area (Å²) in [5, 5.41) is 0. The Labute approximate surface area is 86.7 Å². The SMILES string of the molecule is C#CCC/C=C(\CC)c1ccccc1. The van der Waals surface area contributed by atoms with Crippen LogP contribution in [0.25, 0.3) is 5.57 Å². The molecule has 0 atom stereocenters. The predicted molar refractivity (Wildman–Crippen MR) is 62.8 cm³/mol. The van der Waals surface area contributed by atoms with Crippen molar-refractivity contribution in [2.24, 2.45) is 0 Å². The van der Waals surface area contributed by atoms with Crippen molar-refractivity contribution in [2.75, 3.05) is 0 Å². The van der Waals surface area contributed by atoms with Crippen LogP contribution in [0, 0.1) is 12.3 Å². The Balaban J connectivity index is 2.73. The van der Waals surface area contributed by atoms with Gasteiger partial charge in [0.2, 0.25) is 0 Å². The van der Waals surface area contributed by atoms with Crippen molar-refractivity contribution in [1.29, 1.82) is 0 Å². The molecule has 0 saturated heterocycles. The first kappa shape index (κ1) is 10.6. The van der Waals surface area contributed by atoms with E-state index in [-0.39, 0.29) is 0 Å². The van der Waals surface area contributed by atoms with E-state index in [1.807, 2.05) is 6.07 Å². The van der Waals surface area contributed by atoms with E-state index in [1.165, 1.54) is 11.1 Å². The molecule has 0 fully saturated rings. The van der Waals surface area contributed by atoms with Crippen LogP contribution in [0.4, 0.5) is 0 Å². The predicted octanol–water partition coefficient (Wildman–Crippen LogP) is 3.89. The Morgan fingerprint density at radius 2 is 2.07 bits per heavy atom. The van der Waals surface area contributed by atoms with E-state index >= 15 is 0 Å². The highest BCUT2D eigenvalue weighted by Crippen LogP contribution is 2.18. The van der Waals surface area contributed by atoms with Crippen LogP contribution in [0.15, 0.2) is 36.4 Å². The van der Waals surface area contributed by atoms with Crippen molar-refractivity contribution < 1.29 is 0 Å². The first-order valence-electron chi connectivity index (χ1n) is 5.06. The molecule has 0 aromatic heterocycles. The maximum atomic E-state index is 5.22. The first-order chi connectivity index (χ1) is 6.88. The minimum atomic E-state index is 0.830. The summed E-state index contributed by atoms with van der Waals surface area (Å²) in [5.41, 5.74) is 2.70. The lowest BCUT2D eigenvalue weighted by Gasteiger charge is -2.03. The summed E-state index contributed by atoms with van der Waals surface area (Å²) in [6, 6.07) is 10.5. The third kappa shape index (κ3) is 3.11. The van der Waals surface area contributed by atoms with Crippen molar-refractivity contribution in [3.8, 4) is 12.3 Å². The summed E-state index contributed by atoms with van der Waals surface area (Å²) in [7, 11) is 0. The maximum Gasteiger partial charge on any atom is 0.0121 e. The highest BCUT2D eigenvalue weighted by atomic mass is 14.0. The van der Waals surface area contributed by atoms with Crippen LogP contribution in [0.1, 0.15) is 31.7 Å². The molecule has 0 amide bonds. The zero-order chi connectivity index (χ0) is 10.2. The van der Waals surface area contributed by atoms with Gasteiger partial charge in [-0.2, -0.15) is 0 Å². The van der Waals surface area contributed by atoms with Crippen LogP contribution in [0.5, 0.6) is 0 Å². The molecule has 0 aliphatic rings. The van der Waals surface area contributed by atoms with Crippen LogP contribution in [0.3, 0.4) is 0 Å². The molecule has 0 radical (unpaired) electrons. The summed E-state index contributed by atoms with van der Waals surface area (Å²) in [5.74, 6) is 2.65.